The molecule has 1 atom stereocenters. The molecule has 1 aromatic heterocycles. The number of aromatic nitrogens is 1. The maximum atomic E-state index is 12.1. The third-order valence-corrected chi connectivity index (χ3v) is 5.17. The first kappa shape index (κ1) is 13.7. The fourth-order valence-corrected chi connectivity index (χ4v) is 3.71. The molecule has 0 unspecified atom stereocenters. The number of halogens is 1. The SMILES string of the molecule is CN1CC[C@@](O)(c2ncc(-c3cccc(Br)c3)s2)C1=O. The summed E-state index contributed by atoms with van der Waals surface area (Å²) in [5.74, 6) is -0.271. The molecule has 2 aromatic rings. The second-order valence-electron chi connectivity index (χ2n) is 4.88. The summed E-state index contributed by atoms with van der Waals surface area (Å²) in [6, 6.07) is 7.87. The van der Waals surface area contributed by atoms with Crippen LogP contribution >= 0.6 is 27.3 Å². The Morgan fingerprint density at radius 1 is 1.50 bits per heavy atom. The van der Waals surface area contributed by atoms with E-state index in [0.717, 1.165) is 14.9 Å². The van der Waals surface area contributed by atoms with Gasteiger partial charge < -0.3 is 10.0 Å². The van der Waals surface area contributed by atoms with E-state index in [1.807, 2.05) is 24.3 Å². The number of likely N-dealkylation sites (N-methyl/N-ethyl adjacent to an activating group) is 1. The summed E-state index contributed by atoms with van der Waals surface area (Å²) in [4.78, 5) is 18.8. The number of benzene rings is 1. The summed E-state index contributed by atoms with van der Waals surface area (Å²) in [5.41, 5.74) is -0.436. The summed E-state index contributed by atoms with van der Waals surface area (Å²) in [6.45, 7) is 0.557. The Balaban J connectivity index is 1.97. The lowest BCUT2D eigenvalue weighted by Crippen LogP contribution is -2.35. The molecule has 0 spiro atoms. The van der Waals surface area contributed by atoms with E-state index >= 15 is 0 Å². The van der Waals surface area contributed by atoms with E-state index in [9.17, 15) is 9.90 Å². The minimum atomic E-state index is -1.45. The van der Waals surface area contributed by atoms with Crippen LogP contribution in [-0.4, -0.2) is 34.5 Å². The quantitative estimate of drug-likeness (QED) is 0.903. The van der Waals surface area contributed by atoms with Gasteiger partial charge in [0.05, 0.1) is 4.88 Å². The predicted molar refractivity (Wildman–Crippen MR) is 81.4 cm³/mol. The zero-order valence-electron chi connectivity index (χ0n) is 10.8. The molecule has 0 radical (unpaired) electrons. The van der Waals surface area contributed by atoms with Crippen molar-refractivity contribution >= 4 is 33.2 Å². The Kier molecular flexibility index (Phi) is 3.40. The molecule has 20 heavy (non-hydrogen) atoms. The van der Waals surface area contributed by atoms with E-state index < -0.39 is 5.60 Å². The summed E-state index contributed by atoms with van der Waals surface area (Å²) in [6.07, 6.45) is 2.11. The molecule has 2 heterocycles. The van der Waals surface area contributed by atoms with Crippen molar-refractivity contribution in [2.45, 2.75) is 12.0 Å². The van der Waals surface area contributed by atoms with Crippen LogP contribution in [0.5, 0.6) is 0 Å². The van der Waals surface area contributed by atoms with Crippen LogP contribution < -0.4 is 0 Å². The van der Waals surface area contributed by atoms with E-state index in [0.29, 0.717) is 18.0 Å². The maximum Gasteiger partial charge on any atom is 0.261 e. The van der Waals surface area contributed by atoms with Gasteiger partial charge in [0.15, 0.2) is 5.60 Å². The number of rotatable bonds is 2. The number of nitrogens with zero attached hydrogens (tertiary/aromatic N) is 2. The number of amides is 1. The molecule has 1 aliphatic rings. The Labute approximate surface area is 129 Å². The Hall–Kier alpha value is -1.24. The number of carbonyl (C=O) groups excluding carboxylic acids is 1. The van der Waals surface area contributed by atoms with Crippen molar-refractivity contribution in [1.82, 2.24) is 9.88 Å². The summed E-state index contributed by atoms with van der Waals surface area (Å²) in [7, 11) is 1.70. The third kappa shape index (κ3) is 2.17. The Bertz CT molecular complexity index is 673. The molecule has 0 bridgehead atoms. The van der Waals surface area contributed by atoms with Crippen molar-refractivity contribution in [2.75, 3.05) is 13.6 Å². The van der Waals surface area contributed by atoms with Crippen molar-refractivity contribution in [1.29, 1.82) is 0 Å². The standard InChI is InChI=1S/C14H13BrN2O2S/c1-17-6-5-14(19,13(17)18)12-16-8-11(20-12)9-3-2-4-10(15)7-9/h2-4,7-8,19H,5-6H2,1H3/t14-/m1/s1. The van der Waals surface area contributed by atoms with Gasteiger partial charge in [-0.25, -0.2) is 4.98 Å². The number of aliphatic hydroxyl groups is 1. The first-order chi connectivity index (χ1) is 9.50. The van der Waals surface area contributed by atoms with Crippen LogP contribution in [0, 0.1) is 0 Å². The molecule has 1 fully saturated rings. The van der Waals surface area contributed by atoms with Gasteiger partial charge in [-0.05, 0) is 17.7 Å². The van der Waals surface area contributed by atoms with Crippen LogP contribution in [0.2, 0.25) is 0 Å². The highest BCUT2D eigenvalue weighted by atomic mass is 79.9. The Morgan fingerprint density at radius 3 is 2.95 bits per heavy atom. The lowest BCUT2D eigenvalue weighted by molar-refractivity contribution is -0.143. The summed E-state index contributed by atoms with van der Waals surface area (Å²) < 4.78 is 0.986. The van der Waals surface area contributed by atoms with Gasteiger partial charge in [0.2, 0.25) is 0 Å². The van der Waals surface area contributed by atoms with Gasteiger partial charge in [0.1, 0.15) is 5.01 Å². The van der Waals surface area contributed by atoms with Crippen LogP contribution in [0.25, 0.3) is 10.4 Å². The van der Waals surface area contributed by atoms with Gasteiger partial charge in [0, 0.05) is 30.7 Å². The molecule has 6 heteroatoms. The molecule has 3 rings (SSSR count). The molecule has 1 N–H and O–H groups in total. The molecule has 104 valence electrons. The number of thiazole rings is 1. The number of hydrogen-bond donors (Lipinski definition) is 1. The molecule has 1 aromatic carbocycles. The van der Waals surface area contributed by atoms with Crippen LogP contribution in [0.15, 0.2) is 34.9 Å². The molecule has 1 saturated heterocycles. The van der Waals surface area contributed by atoms with E-state index in [4.69, 9.17) is 0 Å². The highest BCUT2D eigenvalue weighted by molar-refractivity contribution is 9.10. The molecule has 0 aliphatic carbocycles. The average molecular weight is 353 g/mol. The van der Waals surface area contributed by atoms with Crippen LogP contribution in [0.1, 0.15) is 11.4 Å². The average Bonchev–Trinajstić information content (AvgIpc) is 3.02. The highest BCUT2D eigenvalue weighted by Gasteiger charge is 2.47. The normalized spacial score (nSPS) is 22.6. The molecule has 0 saturated carbocycles. The predicted octanol–water partition coefficient (Wildman–Crippen LogP) is 2.62. The molecular formula is C14H13BrN2O2S. The first-order valence-electron chi connectivity index (χ1n) is 6.21. The minimum absolute atomic E-state index is 0.271. The van der Waals surface area contributed by atoms with Gasteiger partial charge in [-0.2, -0.15) is 0 Å². The van der Waals surface area contributed by atoms with Crippen LogP contribution in [0.3, 0.4) is 0 Å². The largest absolute Gasteiger partial charge is 0.373 e. The smallest absolute Gasteiger partial charge is 0.261 e. The fraction of sp³-hybridized carbons (Fsp3) is 0.286. The van der Waals surface area contributed by atoms with Gasteiger partial charge >= 0.3 is 0 Å². The number of likely N-dealkylation sites (tertiary alicyclic amines) is 1. The second-order valence-corrected chi connectivity index (χ2v) is 6.82. The van der Waals surface area contributed by atoms with E-state index in [2.05, 4.69) is 20.9 Å². The highest BCUT2D eigenvalue weighted by Crippen LogP contribution is 2.38. The molecule has 1 amide bonds. The zero-order chi connectivity index (χ0) is 14.3. The van der Waals surface area contributed by atoms with Gasteiger partial charge in [-0.3, -0.25) is 4.79 Å². The van der Waals surface area contributed by atoms with Crippen molar-refractivity contribution in [3.63, 3.8) is 0 Å². The van der Waals surface area contributed by atoms with E-state index in [-0.39, 0.29) is 5.91 Å². The van der Waals surface area contributed by atoms with Gasteiger partial charge in [-0.1, -0.05) is 28.1 Å². The first-order valence-corrected chi connectivity index (χ1v) is 7.82. The summed E-state index contributed by atoms with van der Waals surface area (Å²) in [5, 5.41) is 11.0. The molecule has 4 nitrogen and oxygen atoms in total. The monoisotopic (exact) mass is 352 g/mol. The molecule has 1 aliphatic heterocycles. The van der Waals surface area contributed by atoms with Crippen molar-refractivity contribution < 1.29 is 9.90 Å². The lowest BCUT2D eigenvalue weighted by Gasteiger charge is -2.17. The minimum Gasteiger partial charge on any atom is -0.373 e. The van der Waals surface area contributed by atoms with E-state index in [1.165, 1.54) is 11.3 Å². The third-order valence-electron chi connectivity index (χ3n) is 3.48. The fourth-order valence-electron chi connectivity index (χ4n) is 2.29. The van der Waals surface area contributed by atoms with Crippen LogP contribution in [0.4, 0.5) is 0 Å². The van der Waals surface area contributed by atoms with Gasteiger partial charge in [-0.15, -0.1) is 11.3 Å². The van der Waals surface area contributed by atoms with Gasteiger partial charge in [0.25, 0.3) is 5.91 Å². The number of carbonyl (C=O) groups is 1. The second kappa shape index (κ2) is 4.95. The number of hydrogen-bond acceptors (Lipinski definition) is 4. The Morgan fingerprint density at radius 2 is 2.30 bits per heavy atom. The lowest BCUT2D eigenvalue weighted by atomic mass is 10.0. The van der Waals surface area contributed by atoms with E-state index in [1.54, 1.807) is 18.1 Å². The van der Waals surface area contributed by atoms with Crippen LogP contribution in [-0.2, 0) is 10.4 Å². The van der Waals surface area contributed by atoms with Crippen molar-refractivity contribution in [3.8, 4) is 10.4 Å². The molecular weight excluding hydrogens is 340 g/mol. The topological polar surface area (TPSA) is 53.4 Å². The van der Waals surface area contributed by atoms with Crippen molar-refractivity contribution in [2.24, 2.45) is 0 Å². The summed E-state index contributed by atoms with van der Waals surface area (Å²) >= 11 is 4.80. The zero-order valence-corrected chi connectivity index (χ0v) is 13.2. The van der Waals surface area contributed by atoms with Crippen molar-refractivity contribution in [3.05, 3.63) is 39.9 Å². The maximum absolute atomic E-state index is 12.1.